The standard InChI is InChI=1S/C15H16F3N3O/c1-21-6-4-11(9-21)12-3-2-10(8-13(12)15(16,17)18)14-20-19-5-7-22-14/h2-4,8,19H,5-7,9H2,1H3. The van der Waals surface area contributed by atoms with E-state index in [1.54, 1.807) is 6.07 Å². The van der Waals surface area contributed by atoms with Crippen LogP contribution in [-0.4, -0.2) is 44.1 Å². The molecule has 22 heavy (non-hydrogen) atoms. The summed E-state index contributed by atoms with van der Waals surface area (Å²) in [6.45, 7) is 2.11. The minimum Gasteiger partial charge on any atom is -0.474 e. The molecule has 3 rings (SSSR count). The van der Waals surface area contributed by atoms with E-state index in [1.807, 2.05) is 18.0 Å². The van der Waals surface area contributed by atoms with Gasteiger partial charge in [0.1, 0.15) is 6.61 Å². The lowest BCUT2D eigenvalue weighted by Crippen LogP contribution is -2.26. The number of ether oxygens (including phenoxy) is 1. The van der Waals surface area contributed by atoms with Crippen LogP contribution in [0.2, 0.25) is 0 Å². The molecule has 0 saturated carbocycles. The molecular formula is C15H16F3N3O. The molecule has 0 saturated heterocycles. The van der Waals surface area contributed by atoms with Gasteiger partial charge >= 0.3 is 6.18 Å². The number of likely N-dealkylation sites (N-methyl/N-ethyl adjacent to an activating group) is 1. The number of hydrogen-bond donors (Lipinski definition) is 1. The Morgan fingerprint density at radius 1 is 1.32 bits per heavy atom. The number of alkyl halides is 3. The van der Waals surface area contributed by atoms with Crippen molar-refractivity contribution in [2.75, 3.05) is 33.3 Å². The smallest absolute Gasteiger partial charge is 0.417 e. The van der Waals surface area contributed by atoms with Gasteiger partial charge in [0.05, 0.1) is 12.1 Å². The summed E-state index contributed by atoms with van der Waals surface area (Å²) in [5.41, 5.74) is 3.34. The monoisotopic (exact) mass is 311 g/mol. The van der Waals surface area contributed by atoms with E-state index in [9.17, 15) is 13.2 Å². The first-order valence-corrected chi connectivity index (χ1v) is 6.98. The van der Waals surface area contributed by atoms with Crippen molar-refractivity contribution >= 4 is 11.5 Å². The summed E-state index contributed by atoms with van der Waals surface area (Å²) in [5.74, 6) is 0.195. The van der Waals surface area contributed by atoms with Crippen molar-refractivity contribution in [3.63, 3.8) is 0 Å². The van der Waals surface area contributed by atoms with Gasteiger partial charge in [0.15, 0.2) is 0 Å². The molecule has 1 N–H and O–H groups in total. The number of rotatable bonds is 2. The van der Waals surface area contributed by atoms with Crippen LogP contribution in [0.4, 0.5) is 13.2 Å². The molecule has 7 heteroatoms. The van der Waals surface area contributed by atoms with Gasteiger partial charge in [0, 0.05) is 18.7 Å². The second-order valence-electron chi connectivity index (χ2n) is 5.36. The van der Waals surface area contributed by atoms with E-state index in [0.717, 1.165) is 6.07 Å². The van der Waals surface area contributed by atoms with E-state index in [1.165, 1.54) is 6.07 Å². The minimum absolute atomic E-state index is 0.195. The van der Waals surface area contributed by atoms with Gasteiger partial charge in [-0.15, -0.1) is 5.10 Å². The van der Waals surface area contributed by atoms with Crippen molar-refractivity contribution < 1.29 is 17.9 Å². The van der Waals surface area contributed by atoms with E-state index in [-0.39, 0.29) is 11.5 Å². The molecule has 0 radical (unpaired) electrons. The van der Waals surface area contributed by atoms with Crippen LogP contribution in [0.5, 0.6) is 0 Å². The molecule has 0 bridgehead atoms. The summed E-state index contributed by atoms with van der Waals surface area (Å²) < 4.78 is 45.5. The van der Waals surface area contributed by atoms with Gasteiger partial charge in [-0.05, 0) is 30.3 Å². The second kappa shape index (κ2) is 5.64. The predicted molar refractivity (Wildman–Crippen MR) is 77.4 cm³/mol. The average molecular weight is 311 g/mol. The van der Waals surface area contributed by atoms with Gasteiger partial charge in [-0.1, -0.05) is 12.1 Å². The molecular weight excluding hydrogens is 295 g/mol. The maximum atomic E-state index is 13.4. The maximum Gasteiger partial charge on any atom is 0.417 e. The molecule has 1 aromatic rings. The molecule has 1 aromatic carbocycles. The van der Waals surface area contributed by atoms with Crippen molar-refractivity contribution in [2.45, 2.75) is 6.18 Å². The quantitative estimate of drug-likeness (QED) is 0.911. The zero-order chi connectivity index (χ0) is 15.7. The molecule has 2 aliphatic heterocycles. The highest BCUT2D eigenvalue weighted by molar-refractivity contribution is 5.95. The van der Waals surface area contributed by atoms with Crippen LogP contribution in [0.15, 0.2) is 29.4 Å². The van der Waals surface area contributed by atoms with Crippen LogP contribution in [0.1, 0.15) is 16.7 Å². The van der Waals surface area contributed by atoms with Gasteiger partial charge in [0.25, 0.3) is 0 Å². The Labute approximate surface area is 126 Å². The van der Waals surface area contributed by atoms with Gasteiger partial charge < -0.3 is 10.2 Å². The van der Waals surface area contributed by atoms with E-state index in [0.29, 0.717) is 37.4 Å². The minimum atomic E-state index is -4.42. The number of hydrazone groups is 1. The third-order valence-corrected chi connectivity index (χ3v) is 3.64. The molecule has 0 unspecified atom stereocenters. The van der Waals surface area contributed by atoms with Crippen molar-refractivity contribution in [3.8, 4) is 0 Å². The average Bonchev–Trinajstić information content (AvgIpc) is 2.93. The number of benzene rings is 1. The highest BCUT2D eigenvalue weighted by Gasteiger charge is 2.35. The highest BCUT2D eigenvalue weighted by atomic mass is 19.4. The summed E-state index contributed by atoms with van der Waals surface area (Å²) in [4.78, 5) is 1.96. The molecule has 0 atom stereocenters. The highest BCUT2D eigenvalue weighted by Crippen LogP contribution is 2.37. The van der Waals surface area contributed by atoms with Crippen LogP contribution in [-0.2, 0) is 10.9 Å². The van der Waals surface area contributed by atoms with Gasteiger partial charge in [-0.25, -0.2) is 0 Å². The van der Waals surface area contributed by atoms with Crippen molar-refractivity contribution in [1.29, 1.82) is 0 Å². The number of halogens is 3. The van der Waals surface area contributed by atoms with Crippen LogP contribution in [0.3, 0.4) is 0 Å². The number of nitrogens with one attached hydrogen (secondary N) is 1. The molecule has 0 aromatic heterocycles. The van der Waals surface area contributed by atoms with Crippen molar-refractivity contribution in [3.05, 3.63) is 41.0 Å². The van der Waals surface area contributed by atoms with Crippen LogP contribution in [0.25, 0.3) is 5.57 Å². The number of hydrogen-bond acceptors (Lipinski definition) is 4. The summed E-state index contributed by atoms with van der Waals surface area (Å²) >= 11 is 0. The summed E-state index contributed by atoms with van der Waals surface area (Å²) in [6.07, 6.45) is -2.59. The SMILES string of the molecule is CN1CC=C(c2ccc(C3=NNCCO3)cc2C(F)(F)F)C1. The van der Waals surface area contributed by atoms with Crippen molar-refractivity contribution in [1.82, 2.24) is 10.3 Å². The topological polar surface area (TPSA) is 36.9 Å². The van der Waals surface area contributed by atoms with Crippen LogP contribution in [0, 0.1) is 0 Å². The molecule has 2 aliphatic rings. The maximum absolute atomic E-state index is 13.4. The van der Waals surface area contributed by atoms with Gasteiger partial charge in [-0.2, -0.15) is 13.2 Å². The second-order valence-corrected chi connectivity index (χ2v) is 5.36. The molecule has 0 amide bonds. The lowest BCUT2D eigenvalue weighted by atomic mass is 9.97. The third-order valence-electron chi connectivity index (χ3n) is 3.64. The normalized spacial score (nSPS) is 19.3. The Morgan fingerprint density at radius 2 is 2.14 bits per heavy atom. The summed E-state index contributed by atoms with van der Waals surface area (Å²) in [7, 11) is 1.88. The fraction of sp³-hybridized carbons (Fsp3) is 0.400. The summed E-state index contributed by atoms with van der Waals surface area (Å²) in [5, 5.41) is 3.92. The van der Waals surface area contributed by atoms with Gasteiger partial charge in [-0.3, -0.25) is 4.90 Å². The Bertz CT molecular complexity index is 637. The first-order valence-electron chi connectivity index (χ1n) is 6.98. The van der Waals surface area contributed by atoms with Crippen LogP contribution < -0.4 is 5.43 Å². The number of nitrogens with zero attached hydrogens (tertiary/aromatic N) is 2. The first-order chi connectivity index (χ1) is 10.4. The van der Waals surface area contributed by atoms with E-state index in [4.69, 9.17) is 4.74 Å². The third kappa shape index (κ3) is 2.94. The molecule has 4 nitrogen and oxygen atoms in total. The zero-order valence-electron chi connectivity index (χ0n) is 12.1. The van der Waals surface area contributed by atoms with E-state index in [2.05, 4.69) is 10.5 Å². The molecule has 118 valence electrons. The summed E-state index contributed by atoms with van der Waals surface area (Å²) in [6, 6.07) is 4.24. The molecule has 0 aliphatic carbocycles. The van der Waals surface area contributed by atoms with Crippen LogP contribution >= 0.6 is 0 Å². The van der Waals surface area contributed by atoms with E-state index < -0.39 is 11.7 Å². The molecule has 0 spiro atoms. The fourth-order valence-electron chi connectivity index (χ4n) is 2.57. The largest absolute Gasteiger partial charge is 0.474 e. The Kier molecular flexibility index (Phi) is 3.82. The Morgan fingerprint density at radius 3 is 2.73 bits per heavy atom. The Hall–Kier alpha value is -2.02. The fourth-order valence-corrected chi connectivity index (χ4v) is 2.57. The first kappa shape index (κ1) is 14.9. The Balaban J connectivity index is 2.02. The molecule has 2 heterocycles. The van der Waals surface area contributed by atoms with Gasteiger partial charge in [0.2, 0.25) is 5.90 Å². The lowest BCUT2D eigenvalue weighted by Gasteiger charge is -2.19. The predicted octanol–water partition coefficient (Wildman–Crippen LogP) is 2.32. The zero-order valence-corrected chi connectivity index (χ0v) is 12.1. The molecule has 0 fully saturated rings. The van der Waals surface area contributed by atoms with E-state index >= 15 is 0 Å². The lowest BCUT2D eigenvalue weighted by molar-refractivity contribution is -0.137. The van der Waals surface area contributed by atoms with Crippen molar-refractivity contribution in [2.24, 2.45) is 5.10 Å².